The summed E-state index contributed by atoms with van der Waals surface area (Å²) in [6.45, 7) is 7.20. The normalized spacial score (nSPS) is 29.5. The van der Waals surface area contributed by atoms with Gasteiger partial charge in [0.05, 0.1) is 17.7 Å². The fourth-order valence-corrected chi connectivity index (χ4v) is 9.23. The molecule has 2 fully saturated rings. The summed E-state index contributed by atoms with van der Waals surface area (Å²) in [4.78, 5) is 40.3. The summed E-state index contributed by atoms with van der Waals surface area (Å²) < 4.78 is 6.67. The number of benzene rings is 2. The molecule has 0 radical (unpaired) electrons. The molecule has 0 saturated carbocycles. The first-order chi connectivity index (χ1) is 17.7. The van der Waals surface area contributed by atoms with Crippen LogP contribution in [0.4, 0.5) is 17.1 Å². The van der Waals surface area contributed by atoms with E-state index in [1.54, 1.807) is 4.90 Å². The monoisotopic (exact) mass is 523 g/mol. The summed E-state index contributed by atoms with van der Waals surface area (Å²) in [5.74, 6) is -0.667. The van der Waals surface area contributed by atoms with Gasteiger partial charge in [-0.2, -0.15) is 0 Å². The van der Waals surface area contributed by atoms with Crippen LogP contribution < -0.4 is 15.5 Å². The first-order valence-electron chi connectivity index (χ1n) is 13.2. The summed E-state index contributed by atoms with van der Waals surface area (Å²) in [5, 5.41) is 16.1. The summed E-state index contributed by atoms with van der Waals surface area (Å²) in [7, 11) is -2.78. The van der Waals surface area contributed by atoms with Crippen LogP contribution in [-0.2, 0) is 19.9 Å². The molecule has 198 valence electrons. The van der Waals surface area contributed by atoms with Crippen LogP contribution in [0.2, 0.25) is 18.6 Å². The summed E-state index contributed by atoms with van der Waals surface area (Å²) in [6.07, 6.45) is 1.69. The van der Waals surface area contributed by atoms with Crippen LogP contribution in [-0.4, -0.2) is 55.8 Å². The standard InChI is InChI=1S/C28H37N3O5Si/c1-18-25(37(2,3)35)24(13-15-32)36-28(18)22-16-20(30-26(33)19-8-7-14-29-17-19)11-12-23(22)31(27(28)34)21-9-5-4-6-10-21/h4-6,9-12,16,18-19,24-25,29,32,35H,7-8,13-15,17H2,1-3H3,(H,30,33)/t18-,19?,24+,25-,28+/m0/s1. The number of hydrogen-bond donors (Lipinski definition) is 4. The van der Waals surface area contributed by atoms with E-state index in [1.807, 2.05) is 68.5 Å². The number of ether oxygens (including phenoxy) is 1. The average Bonchev–Trinajstić information content (AvgIpc) is 3.31. The highest BCUT2D eigenvalue weighted by Crippen LogP contribution is 2.60. The zero-order valence-corrected chi connectivity index (χ0v) is 22.7. The third-order valence-electron chi connectivity index (χ3n) is 8.26. The number of anilines is 3. The molecule has 4 N–H and O–H groups in total. The minimum absolute atomic E-state index is 0.0363. The number of hydrogen-bond acceptors (Lipinski definition) is 6. The van der Waals surface area contributed by atoms with E-state index in [4.69, 9.17) is 4.74 Å². The number of carbonyl (C=O) groups is 2. The van der Waals surface area contributed by atoms with Crippen LogP contribution in [0, 0.1) is 11.8 Å². The van der Waals surface area contributed by atoms with E-state index < -0.39 is 20.0 Å². The molecule has 0 bridgehead atoms. The van der Waals surface area contributed by atoms with E-state index in [1.165, 1.54) is 0 Å². The van der Waals surface area contributed by atoms with Crippen molar-refractivity contribution in [2.45, 2.75) is 56.5 Å². The van der Waals surface area contributed by atoms with Gasteiger partial charge in [-0.05, 0) is 69.2 Å². The van der Waals surface area contributed by atoms with E-state index in [9.17, 15) is 19.5 Å². The van der Waals surface area contributed by atoms with Crippen molar-refractivity contribution >= 4 is 37.2 Å². The predicted octanol–water partition coefficient (Wildman–Crippen LogP) is 3.48. The number of aliphatic hydroxyl groups is 1. The number of nitrogens with zero attached hydrogens (tertiary/aromatic N) is 1. The number of para-hydroxylation sites is 1. The van der Waals surface area contributed by atoms with Crippen LogP contribution >= 0.6 is 0 Å². The Morgan fingerprint density at radius 3 is 2.65 bits per heavy atom. The van der Waals surface area contributed by atoms with Gasteiger partial charge in [0, 0.05) is 41.5 Å². The fraction of sp³-hybridized carbons (Fsp3) is 0.500. The summed E-state index contributed by atoms with van der Waals surface area (Å²) >= 11 is 0. The molecule has 5 atom stereocenters. The van der Waals surface area contributed by atoms with Gasteiger partial charge in [0.15, 0.2) is 13.9 Å². The Bertz CT molecular complexity index is 1160. The number of rotatable bonds is 6. The Morgan fingerprint density at radius 1 is 1.24 bits per heavy atom. The SMILES string of the molecule is C[C@H]1[C@H]([Si](C)(C)O)[C@@H](CCO)O[C@]12C(=O)N(c1ccccc1)c1ccc(NC(=O)C3CCCNC3)cc12. The Morgan fingerprint density at radius 2 is 2.00 bits per heavy atom. The molecule has 0 aliphatic carbocycles. The molecule has 0 aromatic heterocycles. The maximum atomic E-state index is 14.4. The Balaban J connectivity index is 1.60. The van der Waals surface area contributed by atoms with Gasteiger partial charge >= 0.3 is 0 Å². The Labute approximate surface area is 219 Å². The van der Waals surface area contributed by atoms with Crippen molar-refractivity contribution in [1.82, 2.24) is 5.32 Å². The second-order valence-electron chi connectivity index (χ2n) is 11.1. The number of piperidine rings is 1. The van der Waals surface area contributed by atoms with E-state index in [0.717, 1.165) is 25.1 Å². The molecule has 3 aliphatic heterocycles. The minimum atomic E-state index is -2.78. The molecule has 2 aromatic rings. The molecular formula is C28H37N3O5Si. The molecule has 9 heteroatoms. The number of fused-ring (bicyclic) bond motifs is 2. The average molecular weight is 524 g/mol. The molecule has 2 saturated heterocycles. The van der Waals surface area contributed by atoms with E-state index in [-0.39, 0.29) is 35.8 Å². The molecule has 8 nitrogen and oxygen atoms in total. The lowest BCUT2D eigenvalue weighted by Crippen LogP contribution is -2.45. The van der Waals surface area contributed by atoms with Crippen LogP contribution in [0.5, 0.6) is 0 Å². The summed E-state index contributed by atoms with van der Waals surface area (Å²) in [6, 6.07) is 15.0. The Hall–Kier alpha value is -2.56. The third kappa shape index (κ3) is 4.42. The number of carbonyl (C=O) groups excluding carboxylic acids is 2. The van der Waals surface area contributed by atoms with Gasteiger partial charge in [-0.15, -0.1) is 0 Å². The van der Waals surface area contributed by atoms with Gasteiger partial charge in [0.2, 0.25) is 5.91 Å². The predicted molar refractivity (Wildman–Crippen MR) is 145 cm³/mol. The zero-order valence-electron chi connectivity index (χ0n) is 21.7. The lowest BCUT2D eigenvalue weighted by molar-refractivity contribution is -0.145. The molecule has 37 heavy (non-hydrogen) atoms. The second-order valence-corrected chi connectivity index (χ2v) is 15.1. The smallest absolute Gasteiger partial charge is 0.268 e. The quantitative estimate of drug-likeness (QED) is 0.432. The Kier molecular flexibility index (Phi) is 7.01. The van der Waals surface area contributed by atoms with Crippen molar-refractivity contribution in [3.63, 3.8) is 0 Å². The minimum Gasteiger partial charge on any atom is -0.432 e. The maximum Gasteiger partial charge on any atom is 0.268 e. The van der Waals surface area contributed by atoms with Gasteiger partial charge < -0.3 is 25.3 Å². The summed E-state index contributed by atoms with van der Waals surface area (Å²) in [5.41, 5.74) is 1.18. The highest BCUT2D eigenvalue weighted by atomic mass is 28.4. The lowest BCUT2D eigenvalue weighted by atomic mass is 9.82. The van der Waals surface area contributed by atoms with Gasteiger partial charge in [-0.25, -0.2) is 0 Å². The van der Waals surface area contributed by atoms with Gasteiger partial charge in [-0.1, -0.05) is 25.1 Å². The van der Waals surface area contributed by atoms with Gasteiger partial charge in [0.1, 0.15) is 0 Å². The first kappa shape index (κ1) is 26.1. The van der Waals surface area contributed by atoms with Crippen molar-refractivity contribution in [3.05, 3.63) is 54.1 Å². The number of aliphatic hydroxyl groups excluding tert-OH is 1. The molecule has 1 spiro atoms. The van der Waals surface area contributed by atoms with Crippen molar-refractivity contribution in [1.29, 1.82) is 0 Å². The van der Waals surface area contributed by atoms with E-state index >= 15 is 0 Å². The van der Waals surface area contributed by atoms with Crippen LogP contribution in [0.3, 0.4) is 0 Å². The van der Waals surface area contributed by atoms with E-state index in [0.29, 0.717) is 29.9 Å². The molecular weight excluding hydrogens is 486 g/mol. The van der Waals surface area contributed by atoms with Crippen LogP contribution in [0.25, 0.3) is 0 Å². The molecule has 5 rings (SSSR count). The number of amides is 2. The van der Waals surface area contributed by atoms with E-state index in [2.05, 4.69) is 10.6 Å². The topological polar surface area (TPSA) is 111 Å². The first-order valence-corrected chi connectivity index (χ1v) is 16.3. The van der Waals surface area contributed by atoms with Crippen molar-refractivity contribution in [3.8, 4) is 0 Å². The van der Waals surface area contributed by atoms with Crippen molar-refractivity contribution < 1.29 is 24.2 Å². The molecule has 3 heterocycles. The fourth-order valence-electron chi connectivity index (χ4n) is 6.63. The van der Waals surface area contributed by atoms with Crippen molar-refractivity contribution in [2.75, 3.05) is 29.9 Å². The number of nitrogens with one attached hydrogen (secondary N) is 2. The third-order valence-corrected chi connectivity index (χ3v) is 10.8. The maximum absolute atomic E-state index is 14.4. The highest BCUT2D eigenvalue weighted by Gasteiger charge is 2.66. The molecule has 1 unspecified atom stereocenters. The molecule has 2 amide bonds. The second kappa shape index (κ2) is 9.96. The zero-order chi connectivity index (χ0) is 26.4. The molecule has 3 aliphatic rings. The highest BCUT2D eigenvalue weighted by molar-refractivity contribution is 6.71. The molecule has 2 aromatic carbocycles. The largest absolute Gasteiger partial charge is 0.432 e. The van der Waals surface area contributed by atoms with Crippen LogP contribution in [0.15, 0.2) is 48.5 Å². The van der Waals surface area contributed by atoms with Gasteiger partial charge in [-0.3, -0.25) is 14.5 Å². The lowest BCUT2D eigenvalue weighted by Gasteiger charge is -2.32. The van der Waals surface area contributed by atoms with Crippen LogP contribution in [0.1, 0.15) is 31.7 Å². The van der Waals surface area contributed by atoms with Crippen molar-refractivity contribution in [2.24, 2.45) is 11.8 Å². The van der Waals surface area contributed by atoms with Gasteiger partial charge in [0.25, 0.3) is 5.91 Å².